The second-order valence-electron chi connectivity index (χ2n) is 7.13. The Labute approximate surface area is 154 Å². The highest BCUT2D eigenvalue weighted by molar-refractivity contribution is 7.89. The van der Waals surface area contributed by atoms with Crippen molar-refractivity contribution in [1.29, 1.82) is 0 Å². The molecule has 2 aliphatic heterocycles. The van der Waals surface area contributed by atoms with Crippen LogP contribution in [0.3, 0.4) is 0 Å². The van der Waals surface area contributed by atoms with Gasteiger partial charge in [0.25, 0.3) is 0 Å². The average molecular weight is 375 g/mol. The Morgan fingerprint density at radius 1 is 1.15 bits per heavy atom. The number of aryl methyl sites for hydroxylation is 1. The van der Waals surface area contributed by atoms with Crippen LogP contribution >= 0.6 is 0 Å². The molecule has 3 heterocycles. The van der Waals surface area contributed by atoms with Gasteiger partial charge in [0, 0.05) is 26.0 Å². The number of hydrogen-bond acceptors (Lipinski definition) is 4. The maximum Gasteiger partial charge on any atom is 0.246 e. The lowest BCUT2D eigenvalue weighted by molar-refractivity contribution is 0.0662. The molecule has 0 N–H and O–H groups in total. The molecular formula is C19H25N3O3S. The number of nitrogens with zero attached hydrogens (tertiary/aromatic N) is 3. The van der Waals surface area contributed by atoms with Crippen LogP contribution in [0, 0.1) is 6.92 Å². The van der Waals surface area contributed by atoms with Gasteiger partial charge in [0.15, 0.2) is 0 Å². The van der Waals surface area contributed by atoms with Crippen LogP contribution < -0.4 is 0 Å². The first-order valence-corrected chi connectivity index (χ1v) is 10.7. The molecule has 2 fully saturated rings. The standard InChI is InChI=1S/C19H25N3O3S/c1-15-5-2-3-6-18(15)19-7-4-10-22(19)26(23,24)17-13-20-21(14-17)16-8-11-25-12-9-16/h2-3,5-6,13-14,16,19H,4,7-12H2,1H3/t19-/m1/s1. The lowest BCUT2D eigenvalue weighted by Gasteiger charge is -2.25. The fourth-order valence-electron chi connectivity index (χ4n) is 4.04. The number of sulfonamides is 1. The van der Waals surface area contributed by atoms with Crippen molar-refractivity contribution in [3.05, 3.63) is 47.8 Å². The minimum Gasteiger partial charge on any atom is -0.381 e. The summed E-state index contributed by atoms with van der Waals surface area (Å²) >= 11 is 0. The van der Waals surface area contributed by atoms with Gasteiger partial charge in [-0.3, -0.25) is 4.68 Å². The SMILES string of the molecule is Cc1ccccc1[C@H]1CCCN1S(=O)(=O)c1cnn(C2CCOCC2)c1. The minimum atomic E-state index is -3.55. The normalized spacial score (nSPS) is 22.7. The fourth-order valence-corrected chi connectivity index (χ4v) is 5.65. The highest BCUT2D eigenvalue weighted by atomic mass is 32.2. The molecule has 0 unspecified atom stereocenters. The van der Waals surface area contributed by atoms with Crippen molar-refractivity contribution in [1.82, 2.24) is 14.1 Å². The van der Waals surface area contributed by atoms with Gasteiger partial charge >= 0.3 is 0 Å². The molecule has 1 aromatic heterocycles. The summed E-state index contributed by atoms with van der Waals surface area (Å²) in [6.07, 6.45) is 6.68. The Kier molecular flexibility index (Phi) is 4.86. The van der Waals surface area contributed by atoms with E-state index in [0.29, 0.717) is 24.7 Å². The van der Waals surface area contributed by atoms with E-state index < -0.39 is 10.0 Å². The summed E-state index contributed by atoms with van der Waals surface area (Å²) in [6, 6.07) is 8.19. The van der Waals surface area contributed by atoms with E-state index >= 15 is 0 Å². The van der Waals surface area contributed by atoms with Gasteiger partial charge in [-0.15, -0.1) is 0 Å². The minimum absolute atomic E-state index is 0.0902. The predicted molar refractivity (Wildman–Crippen MR) is 98.4 cm³/mol. The molecule has 7 heteroatoms. The van der Waals surface area contributed by atoms with Gasteiger partial charge < -0.3 is 4.74 Å². The maximum atomic E-state index is 13.3. The Bertz CT molecular complexity index is 872. The highest BCUT2D eigenvalue weighted by Crippen LogP contribution is 2.37. The van der Waals surface area contributed by atoms with Crippen molar-refractivity contribution in [2.24, 2.45) is 0 Å². The molecule has 2 saturated heterocycles. The van der Waals surface area contributed by atoms with Gasteiger partial charge in [-0.05, 0) is 43.7 Å². The van der Waals surface area contributed by atoms with Gasteiger partial charge in [0.2, 0.25) is 10.0 Å². The molecule has 1 aromatic carbocycles. The summed E-state index contributed by atoms with van der Waals surface area (Å²) in [5.41, 5.74) is 2.24. The Morgan fingerprint density at radius 2 is 1.92 bits per heavy atom. The smallest absolute Gasteiger partial charge is 0.246 e. The molecule has 0 saturated carbocycles. The molecule has 26 heavy (non-hydrogen) atoms. The second-order valence-corrected chi connectivity index (χ2v) is 9.02. The van der Waals surface area contributed by atoms with E-state index in [4.69, 9.17) is 4.74 Å². The van der Waals surface area contributed by atoms with E-state index in [1.54, 1.807) is 15.2 Å². The van der Waals surface area contributed by atoms with Gasteiger partial charge in [-0.2, -0.15) is 9.40 Å². The van der Waals surface area contributed by atoms with Crippen molar-refractivity contribution < 1.29 is 13.2 Å². The van der Waals surface area contributed by atoms with Crippen LogP contribution in [0.1, 0.15) is 48.9 Å². The number of benzene rings is 1. The van der Waals surface area contributed by atoms with Gasteiger partial charge in [-0.1, -0.05) is 24.3 Å². The highest BCUT2D eigenvalue weighted by Gasteiger charge is 2.37. The molecule has 0 radical (unpaired) electrons. The van der Waals surface area contributed by atoms with Crippen LogP contribution in [-0.4, -0.2) is 42.3 Å². The monoisotopic (exact) mass is 375 g/mol. The molecule has 0 spiro atoms. The number of hydrogen-bond donors (Lipinski definition) is 0. The number of aromatic nitrogens is 2. The number of rotatable bonds is 4. The Balaban J connectivity index is 1.61. The third-order valence-electron chi connectivity index (χ3n) is 5.50. The van der Waals surface area contributed by atoms with E-state index in [-0.39, 0.29) is 12.1 Å². The molecule has 2 aliphatic rings. The number of ether oxygens (including phenoxy) is 1. The molecular weight excluding hydrogens is 350 g/mol. The molecule has 0 bridgehead atoms. The molecule has 2 aromatic rings. The first kappa shape index (κ1) is 17.7. The maximum absolute atomic E-state index is 13.3. The molecule has 0 amide bonds. The summed E-state index contributed by atoms with van der Waals surface area (Å²) in [4.78, 5) is 0.296. The zero-order chi connectivity index (χ0) is 18.1. The molecule has 4 rings (SSSR count). The van der Waals surface area contributed by atoms with Crippen molar-refractivity contribution in [2.75, 3.05) is 19.8 Å². The summed E-state index contributed by atoms with van der Waals surface area (Å²) in [7, 11) is -3.55. The largest absolute Gasteiger partial charge is 0.381 e. The third-order valence-corrected chi connectivity index (χ3v) is 7.36. The van der Waals surface area contributed by atoms with Gasteiger partial charge in [0.1, 0.15) is 4.90 Å². The van der Waals surface area contributed by atoms with E-state index in [1.807, 2.05) is 31.2 Å². The summed E-state index contributed by atoms with van der Waals surface area (Å²) < 4.78 is 35.4. The fraction of sp³-hybridized carbons (Fsp3) is 0.526. The Hall–Kier alpha value is -1.70. The second kappa shape index (κ2) is 7.13. The lowest BCUT2D eigenvalue weighted by Crippen LogP contribution is -2.31. The first-order chi connectivity index (χ1) is 12.6. The topological polar surface area (TPSA) is 64.4 Å². The van der Waals surface area contributed by atoms with Crippen molar-refractivity contribution in [3.63, 3.8) is 0 Å². The summed E-state index contributed by atoms with van der Waals surface area (Å²) in [6.45, 7) is 4.01. The van der Waals surface area contributed by atoms with E-state index in [1.165, 1.54) is 6.20 Å². The van der Waals surface area contributed by atoms with Crippen molar-refractivity contribution in [3.8, 4) is 0 Å². The lowest BCUT2D eigenvalue weighted by atomic mass is 10.0. The summed E-state index contributed by atoms with van der Waals surface area (Å²) in [5, 5.41) is 4.35. The zero-order valence-electron chi connectivity index (χ0n) is 15.0. The van der Waals surface area contributed by atoms with Crippen molar-refractivity contribution in [2.45, 2.75) is 49.6 Å². The average Bonchev–Trinajstić information content (AvgIpc) is 3.33. The predicted octanol–water partition coefficient (Wildman–Crippen LogP) is 3.07. The molecule has 0 aliphatic carbocycles. The molecule has 1 atom stereocenters. The first-order valence-electron chi connectivity index (χ1n) is 9.26. The van der Waals surface area contributed by atoms with Crippen LogP contribution in [0.2, 0.25) is 0 Å². The van der Waals surface area contributed by atoms with Crippen molar-refractivity contribution >= 4 is 10.0 Å². The van der Waals surface area contributed by atoms with Crippen LogP contribution in [0.4, 0.5) is 0 Å². The van der Waals surface area contributed by atoms with Crippen LogP contribution in [0.15, 0.2) is 41.6 Å². The zero-order valence-corrected chi connectivity index (χ0v) is 15.9. The third kappa shape index (κ3) is 3.19. The molecule has 6 nitrogen and oxygen atoms in total. The summed E-state index contributed by atoms with van der Waals surface area (Å²) in [5.74, 6) is 0. The van der Waals surface area contributed by atoms with E-state index in [9.17, 15) is 8.42 Å². The van der Waals surface area contributed by atoms with Crippen LogP contribution in [0.5, 0.6) is 0 Å². The van der Waals surface area contributed by atoms with Crippen LogP contribution in [0.25, 0.3) is 0 Å². The molecule has 140 valence electrons. The van der Waals surface area contributed by atoms with Gasteiger partial charge in [-0.25, -0.2) is 8.42 Å². The quantitative estimate of drug-likeness (QED) is 0.824. The van der Waals surface area contributed by atoms with Gasteiger partial charge in [0.05, 0.1) is 18.3 Å². The van der Waals surface area contributed by atoms with Crippen LogP contribution in [-0.2, 0) is 14.8 Å². The Morgan fingerprint density at radius 3 is 2.69 bits per heavy atom. The van der Waals surface area contributed by atoms with E-state index in [2.05, 4.69) is 5.10 Å². The van der Waals surface area contributed by atoms with E-state index in [0.717, 1.165) is 36.8 Å².